The highest BCUT2D eigenvalue weighted by Crippen LogP contribution is 2.25. The zero-order valence-electron chi connectivity index (χ0n) is 14.2. The molecule has 24 heavy (non-hydrogen) atoms. The Morgan fingerprint density at radius 3 is 2.83 bits per heavy atom. The molecule has 3 aromatic rings. The summed E-state index contributed by atoms with van der Waals surface area (Å²) in [7, 11) is 3.44. The van der Waals surface area contributed by atoms with Crippen LogP contribution in [0.1, 0.15) is 27.2 Å². The number of pyridine rings is 1. The summed E-state index contributed by atoms with van der Waals surface area (Å²) in [5.74, 6) is 0.790. The molecule has 0 fully saturated rings. The topological polar surface area (TPSA) is 55.3 Å². The van der Waals surface area contributed by atoms with Crippen molar-refractivity contribution in [2.24, 2.45) is 0 Å². The number of aryl methyl sites for hydroxylation is 1. The fourth-order valence-electron chi connectivity index (χ4n) is 2.74. The Kier molecular flexibility index (Phi) is 4.49. The van der Waals surface area contributed by atoms with E-state index in [0.717, 1.165) is 32.8 Å². The Morgan fingerprint density at radius 2 is 2.08 bits per heavy atom. The molecule has 2 aromatic heterocycles. The fourth-order valence-corrected chi connectivity index (χ4v) is 3.45. The van der Waals surface area contributed by atoms with Crippen molar-refractivity contribution in [1.82, 2.24) is 14.9 Å². The Balaban J connectivity index is 1.84. The fraction of sp³-hybridized carbons (Fsp3) is 0.278. The molecule has 0 spiro atoms. The van der Waals surface area contributed by atoms with Crippen LogP contribution in [0.2, 0.25) is 0 Å². The Labute approximate surface area is 144 Å². The van der Waals surface area contributed by atoms with E-state index in [2.05, 4.69) is 9.97 Å². The second kappa shape index (κ2) is 6.57. The third-order valence-corrected chi connectivity index (χ3v) is 4.85. The molecular formula is C18H19N3O2S. The predicted octanol–water partition coefficient (Wildman–Crippen LogP) is 3.59. The van der Waals surface area contributed by atoms with Gasteiger partial charge in [0.05, 0.1) is 35.1 Å². The van der Waals surface area contributed by atoms with Crippen LogP contribution in [0.5, 0.6) is 5.75 Å². The molecule has 6 heteroatoms. The summed E-state index contributed by atoms with van der Waals surface area (Å²) < 4.78 is 6.45. The van der Waals surface area contributed by atoms with E-state index in [4.69, 9.17) is 4.74 Å². The van der Waals surface area contributed by atoms with Crippen LogP contribution >= 0.6 is 11.3 Å². The number of methoxy groups -OCH3 is 1. The van der Waals surface area contributed by atoms with E-state index >= 15 is 0 Å². The van der Waals surface area contributed by atoms with Crippen molar-refractivity contribution in [3.8, 4) is 5.75 Å². The molecule has 124 valence electrons. The number of nitrogens with zero attached hydrogens (tertiary/aromatic N) is 3. The molecule has 1 amide bonds. The average molecular weight is 341 g/mol. The molecule has 0 saturated carbocycles. The minimum absolute atomic E-state index is 0.0361. The third-order valence-electron chi connectivity index (χ3n) is 4.06. The van der Waals surface area contributed by atoms with Crippen molar-refractivity contribution >= 4 is 27.5 Å². The lowest BCUT2D eigenvalue weighted by molar-refractivity contribution is 0.0783. The van der Waals surface area contributed by atoms with E-state index in [-0.39, 0.29) is 5.91 Å². The van der Waals surface area contributed by atoms with E-state index in [1.165, 1.54) is 11.3 Å². The number of amides is 1. The van der Waals surface area contributed by atoms with Crippen LogP contribution in [-0.2, 0) is 6.54 Å². The highest BCUT2D eigenvalue weighted by atomic mass is 32.1. The Bertz CT molecular complexity index is 904. The SMILES string of the molecule is COc1c(C)cnc(CN(C)C(=O)c2ccc3ncsc3c2)c1C. The van der Waals surface area contributed by atoms with Crippen molar-refractivity contribution < 1.29 is 9.53 Å². The Morgan fingerprint density at radius 1 is 1.29 bits per heavy atom. The first-order valence-electron chi connectivity index (χ1n) is 7.59. The summed E-state index contributed by atoms with van der Waals surface area (Å²) >= 11 is 1.53. The van der Waals surface area contributed by atoms with E-state index in [0.29, 0.717) is 12.1 Å². The van der Waals surface area contributed by atoms with Gasteiger partial charge < -0.3 is 9.64 Å². The molecule has 0 unspecified atom stereocenters. The molecule has 0 N–H and O–H groups in total. The smallest absolute Gasteiger partial charge is 0.253 e. The number of rotatable bonds is 4. The average Bonchev–Trinajstić information content (AvgIpc) is 3.04. The van der Waals surface area contributed by atoms with E-state index in [9.17, 15) is 4.79 Å². The predicted molar refractivity (Wildman–Crippen MR) is 95.7 cm³/mol. The largest absolute Gasteiger partial charge is 0.496 e. The van der Waals surface area contributed by atoms with Crippen LogP contribution in [-0.4, -0.2) is 34.9 Å². The molecule has 0 radical (unpaired) electrons. The van der Waals surface area contributed by atoms with Gasteiger partial charge in [-0.2, -0.15) is 0 Å². The van der Waals surface area contributed by atoms with Gasteiger partial charge in [0, 0.05) is 29.9 Å². The van der Waals surface area contributed by atoms with Crippen molar-refractivity contribution in [2.45, 2.75) is 20.4 Å². The van der Waals surface area contributed by atoms with Crippen LogP contribution in [0, 0.1) is 13.8 Å². The summed E-state index contributed by atoms with van der Waals surface area (Å²) in [5, 5.41) is 0. The third kappa shape index (κ3) is 2.97. The first-order valence-corrected chi connectivity index (χ1v) is 8.47. The van der Waals surface area contributed by atoms with Crippen molar-refractivity contribution in [1.29, 1.82) is 0 Å². The number of hydrogen-bond donors (Lipinski definition) is 0. The highest BCUT2D eigenvalue weighted by Gasteiger charge is 2.16. The number of benzene rings is 1. The standard InChI is InChI=1S/C18H19N3O2S/c1-11-8-19-15(12(2)17(11)23-4)9-21(3)18(22)13-5-6-14-16(7-13)24-10-20-14/h5-8,10H,9H2,1-4H3. The van der Waals surface area contributed by atoms with Crippen LogP contribution < -0.4 is 4.74 Å². The molecule has 1 aromatic carbocycles. The molecule has 0 atom stereocenters. The number of ether oxygens (including phenoxy) is 1. The number of carbonyl (C=O) groups excluding carboxylic acids is 1. The highest BCUT2D eigenvalue weighted by molar-refractivity contribution is 7.16. The van der Waals surface area contributed by atoms with E-state index < -0.39 is 0 Å². The van der Waals surface area contributed by atoms with Crippen molar-refractivity contribution in [3.63, 3.8) is 0 Å². The van der Waals surface area contributed by atoms with Crippen molar-refractivity contribution in [3.05, 3.63) is 52.3 Å². The van der Waals surface area contributed by atoms with Crippen LogP contribution in [0.4, 0.5) is 0 Å². The maximum Gasteiger partial charge on any atom is 0.253 e. The number of aromatic nitrogens is 2. The number of carbonyl (C=O) groups is 1. The molecule has 0 aliphatic carbocycles. The van der Waals surface area contributed by atoms with Gasteiger partial charge in [0.25, 0.3) is 5.91 Å². The molecule has 0 aliphatic heterocycles. The van der Waals surface area contributed by atoms with Gasteiger partial charge in [-0.05, 0) is 32.0 Å². The van der Waals surface area contributed by atoms with Gasteiger partial charge >= 0.3 is 0 Å². The summed E-state index contributed by atoms with van der Waals surface area (Å²) in [4.78, 5) is 23.1. The minimum atomic E-state index is -0.0361. The summed E-state index contributed by atoms with van der Waals surface area (Å²) in [6.45, 7) is 4.36. The first-order chi connectivity index (χ1) is 11.5. The van der Waals surface area contributed by atoms with Gasteiger partial charge in [0.1, 0.15) is 5.75 Å². The zero-order chi connectivity index (χ0) is 17.3. The monoisotopic (exact) mass is 341 g/mol. The molecule has 2 heterocycles. The van der Waals surface area contributed by atoms with Gasteiger partial charge in [-0.1, -0.05) is 0 Å². The maximum absolute atomic E-state index is 12.7. The van der Waals surface area contributed by atoms with Gasteiger partial charge in [0.15, 0.2) is 0 Å². The van der Waals surface area contributed by atoms with Gasteiger partial charge in [-0.25, -0.2) is 4.98 Å². The second-order valence-electron chi connectivity index (χ2n) is 5.74. The lowest BCUT2D eigenvalue weighted by Crippen LogP contribution is -2.27. The number of fused-ring (bicyclic) bond motifs is 1. The molecule has 3 rings (SSSR count). The molecule has 5 nitrogen and oxygen atoms in total. The number of hydrogen-bond acceptors (Lipinski definition) is 5. The summed E-state index contributed by atoms with van der Waals surface area (Å²) in [6.07, 6.45) is 1.78. The van der Waals surface area contributed by atoms with Crippen LogP contribution in [0.15, 0.2) is 29.9 Å². The van der Waals surface area contributed by atoms with Crippen molar-refractivity contribution in [2.75, 3.05) is 14.2 Å². The Hall–Kier alpha value is -2.47. The quantitative estimate of drug-likeness (QED) is 0.728. The normalized spacial score (nSPS) is 10.8. The lowest BCUT2D eigenvalue weighted by atomic mass is 10.1. The minimum Gasteiger partial charge on any atom is -0.496 e. The zero-order valence-corrected chi connectivity index (χ0v) is 15.0. The summed E-state index contributed by atoms with van der Waals surface area (Å²) in [5.41, 5.74) is 6.16. The second-order valence-corrected chi connectivity index (χ2v) is 6.63. The van der Waals surface area contributed by atoms with Crippen LogP contribution in [0.25, 0.3) is 10.2 Å². The van der Waals surface area contributed by atoms with Gasteiger partial charge in [0.2, 0.25) is 0 Å². The summed E-state index contributed by atoms with van der Waals surface area (Å²) in [6, 6.07) is 5.59. The number of thiazole rings is 1. The van der Waals surface area contributed by atoms with Gasteiger partial charge in [-0.3, -0.25) is 9.78 Å². The van der Waals surface area contributed by atoms with E-state index in [1.807, 2.05) is 32.0 Å². The maximum atomic E-state index is 12.7. The molecular weight excluding hydrogens is 322 g/mol. The van der Waals surface area contributed by atoms with E-state index in [1.54, 1.807) is 30.8 Å². The lowest BCUT2D eigenvalue weighted by Gasteiger charge is -2.19. The molecule has 0 aliphatic rings. The molecule has 0 saturated heterocycles. The first kappa shape index (κ1) is 16.4. The van der Waals surface area contributed by atoms with Crippen LogP contribution in [0.3, 0.4) is 0 Å². The van der Waals surface area contributed by atoms with Gasteiger partial charge in [-0.15, -0.1) is 11.3 Å². The molecule has 0 bridgehead atoms.